The Morgan fingerprint density at radius 2 is 2.15 bits per heavy atom. The molecule has 1 aliphatic rings. The molecular weight excluding hydrogens is 401 g/mol. The van der Waals surface area contributed by atoms with Crippen LogP contribution in [-0.4, -0.2) is 35.9 Å². The lowest BCUT2D eigenvalue weighted by Crippen LogP contribution is -2.44. The van der Waals surface area contributed by atoms with Crippen molar-refractivity contribution < 1.29 is 13.9 Å². The highest BCUT2D eigenvalue weighted by molar-refractivity contribution is 9.10. The molecular formula is C19H23BrFN3O2. The quantitative estimate of drug-likeness (QED) is 0.765. The second-order valence-corrected chi connectivity index (χ2v) is 7.83. The molecule has 0 unspecified atom stereocenters. The minimum atomic E-state index is -0.334. The summed E-state index contributed by atoms with van der Waals surface area (Å²) < 4.78 is 19.9. The van der Waals surface area contributed by atoms with Gasteiger partial charge in [0.05, 0.1) is 10.2 Å². The summed E-state index contributed by atoms with van der Waals surface area (Å²) >= 11 is 3.46. The first-order chi connectivity index (χ1) is 12.4. The molecule has 2 aromatic rings. The van der Waals surface area contributed by atoms with Crippen LogP contribution in [0.2, 0.25) is 0 Å². The van der Waals surface area contributed by atoms with E-state index in [2.05, 4.69) is 31.4 Å². The third kappa shape index (κ3) is 3.83. The molecule has 140 valence electrons. The minimum absolute atomic E-state index is 0.229. The van der Waals surface area contributed by atoms with E-state index in [1.165, 1.54) is 6.07 Å². The number of benzene rings is 1. The van der Waals surface area contributed by atoms with E-state index in [0.29, 0.717) is 29.9 Å². The molecule has 1 amide bonds. The fourth-order valence-corrected chi connectivity index (χ4v) is 4.17. The molecule has 3 rings (SSSR count). The standard InChI is InChI=1S/C19H23BrFN3O2/c1-12(2)16-15(20)17(24-23-16)18(25)22-11-19(6-8-26-9-7-19)13-4-3-5-14(21)10-13/h3-5,10,12H,6-9,11H2,1-2H3,(H,22,25)(H,23,24). The maximum Gasteiger partial charge on any atom is 0.272 e. The molecule has 0 radical (unpaired) electrons. The van der Waals surface area contributed by atoms with Crippen LogP contribution in [0.5, 0.6) is 0 Å². The summed E-state index contributed by atoms with van der Waals surface area (Å²) in [6.45, 7) is 5.66. The molecule has 0 saturated carbocycles. The molecule has 1 saturated heterocycles. The molecule has 1 aliphatic heterocycles. The normalized spacial score (nSPS) is 16.7. The number of amides is 1. The Morgan fingerprint density at radius 3 is 2.77 bits per heavy atom. The monoisotopic (exact) mass is 423 g/mol. The van der Waals surface area contributed by atoms with Crippen molar-refractivity contribution in [2.45, 2.75) is 38.0 Å². The summed E-state index contributed by atoms with van der Waals surface area (Å²) in [5, 5.41) is 10.0. The first-order valence-corrected chi connectivity index (χ1v) is 9.58. The molecule has 1 fully saturated rings. The average molecular weight is 424 g/mol. The second kappa shape index (κ2) is 7.88. The summed E-state index contributed by atoms with van der Waals surface area (Å²) in [6.07, 6.45) is 1.46. The number of carbonyl (C=O) groups is 1. The van der Waals surface area contributed by atoms with Crippen molar-refractivity contribution in [3.63, 3.8) is 0 Å². The SMILES string of the molecule is CC(C)c1[nH]nc(C(=O)NCC2(c3cccc(F)c3)CCOCC2)c1Br. The summed E-state index contributed by atoms with van der Waals surface area (Å²) in [4.78, 5) is 12.7. The van der Waals surface area contributed by atoms with Gasteiger partial charge in [0, 0.05) is 25.2 Å². The van der Waals surface area contributed by atoms with Crippen LogP contribution >= 0.6 is 15.9 Å². The highest BCUT2D eigenvalue weighted by atomic mass is 79.9. The van der Waals surface area contributed by atoms with Gasteiger partial charge < -0.3 is 10.1 Å². The third-order valence-electron chi connectivity index (χ3n) is 5.00. The molecule has 7 heteroatoms. The van der Waals surface area contributed by atoms with Crippen molar-refractivity contribution in [2.24, 2.45) is 0 Å². The van der Waals surface area contributed by atoms with E-state index < -0.39 is 0 Å². The number of nitrogens with zero attached hydrogens (tertiary/aromatic N) is 1. The van der Waals surface area contributed by atoms with Crippen LogP contribution in [0.1, 0.15) is 54.4 Å². The molecule has 0 atom stereocenters. The van der Waals surface area contributed by atoms with Crippen molar-refractivity contribution in [1.82, 2.24) is 15.5 Å². The van der Waals surface area contributed by atoms with E-state index in [1.54, 1.807) is 12.1 Å². The van der Waals surface area contributed by atoms with Crippen LogP contribution in [0, 0.1) is 5.82 Å². The fraction of sp³-hybridized carbons (Fsp3) is 0.474. The molecule has 0 bridgehead atoms. The number of aromatic nitrogens is 2. The van der Waals surface area contributed by atoms with E-state index in [-0.39, 0.29) is 23.1 Å². The molecule has 26 heavy (non-hydrogen) atoms. The van der Waals surface area contributed by atoms with E-state index in [4.69, 9.17) is 4.74 Å². The van der Waals surface area contributed by atoms with Crippen LogP contribution in [0.4, 0.5) is 4.39 Å². The first-order valence-electron chi connectivity index (χ1n) is 8.79. The summed E-state index contributed by atoms with van der Waals surface area (Å²) in [6, 6.07) is 6.62. The predicted octanol–water partition coefficient (Wildman–Crippen LogP) is 3.91. The topological polar surface area (TPSA) is 67.0 Å². The number of hydrogen-bond acceptors (Lipinski definition) is 3. The van der Waals surface area contributed by atoms with Gasteiger partial charge in [-0.3, -0.25) is 9.89 Å². The van der Waals surface area contributed by atoms with Gasteiger partial charge in [-0.05, 0) is 52.4 Å². The zero-order valence-corrected chi connectivity index (χ0v) is 16.5. The van der Waals surface area contributed by atoms with Gasteiger partial charge in [-0.2, -0.15) is 5.10 Å². The highest BCUT2D eigenvalue weighted by Gasteiger charge is 2.35. The number of carbonyl (C=O) groups excluding carboxylic acids is 1. The Labute approximate surface area is 160 Å². The average Bonchev–Trinajstić information content (AvgIpc) is 3.02. The van der Waals surface area contributed by atoms with E-state index in [0.717, 1.165) is 24.1 Å². The largest absolute Gasteiger partial charge is 0.381 e. The number of ether oxygens (including phenoxy) is 1. The van der Waals surface area contributed by atoms with Gasteiger partial charge in [-0.15, -0.1) is 0 Å². The lowest BCUT2D eigenvalue weighted by Gasteiger charge is -2.38. The van der Waals surface area contributed by atoms with Crippen molar-refractivity contribution >= 4 is 21.8 Å². The van der Waals surface area contributed by atoms with Crippen molar-refractivity contribution in [1.29, 1.82) is 0 Å². The zero-order chi connectivity index (χ0) is 18.7. The fourth-order valence-electron chi connectivity index (χ4n) is 3.36. The summed E-state index contributed by atoms with van der Waals surface area (Å²) in [5.74, 6) is -0.286. The number of nitrogens with one attached hydrogen (secondary N) is 2. The molecule has 1 aromatic carbocycles. The van der Waals surface area contributed by atoms with Crippen molar-refractivity contribution in [3.05, 3.63) is 51.5 Å². The van der Waals surface area contributed by atoms with Crippen LogP contribution in [0.3, 0.4) is 0 Å². The van der Waals surface area contributed by atoms with Gasteiger partial charge in [0.2, 0.25) is 0 Å². The molecule has 1 aromatic heterocycles. The molecule has 2 N–H and O–H groups in total. The maximum atomic E-state index is 13.7. The molecule has 2 heterocycles. The number of H-pyrrole nitrogens is 1. The third-order valence-corrected chi connectivity index (χ3v) is 5.80. The number of halogens is 2. The number of rotatable bonds is 5. The zero-order valence-electron chi connectivity index (χ0n) is 14.9. The highest BCUT2D eigenvalue weighted by Crippen LogP contribution is 2.35. The first kappa shape index (κ1) is 19.0. The van der Waals surface area contributed by atoms with Crippen molar-refractivity contribution in [2.75, 3.05) is 19.8 Å². The van der Waals surface area contributed by atoms with Crippen LogP contribution in [0.15, 0.2) is 28.7 Å². The van der Waals surface area contributed by atoms with Crippen LogP contribution < -0.4 is 5.32 Å². The number of hydrogen-bond donors (Lipinski definition) is 2. The lowest BCUT2D eigenvalue weighted by atomic mass is 9.74. The van der Waals surface area contributed by atoms with Gasteiger partial charge in [0.15, 0.2) is 5.69 Å². The smallest absolute Gasteiger partial charge is 0.272 e. The lowest BCUT2D eigenvalue weighted by molar-refractivity contribution is 0.0485. The summed E-state index contributed by atoms with van der Waals surface area (Å²) in [5.41, 5.74) is 1.79. The summed E-state index contributed by atoms with van der Waals surface area (Å²) in [7, 11) is 0. The van der Waals surface area contributed by atoms with Gasteiger partial charge in [0.1, 0.15) is 5.82 Å². The molecule has 0 aliphatic carbocycles. The Bertz CT molecular complexity index is 785. The predicted molar refractivity (Wildman–Crippen MR) is 101 cm³/mol. The van der Waals surface area contributed by atoms with Gasteiger partial charge in [-0.1, -0.05) is 26.0 Å². The Kier molecular flexibility index (Phi) is 5.77. The number of aromatic amines is 1. The van der Waals surface area contributed by atoms with Gasteiger partial charge in [-0.25, -0.2) is 4.39 Å². The van der Waals surface area contributed by atoms with Gasteiger partial charge >= 0.3 is 0 Å². The van der Waals surface area contributed by atoms with Crippen LogP contribution in [0.25, 0.3) is 0 Å². The Balaban J connectivity index is 1.79. The minimum Gasteiger partial charge on any atom is -0.381 e. The second-order valence-electron chi connectivity index (χ2n) is 7.04. The van der Waals surface area contributed by atoms with E-state index >= 15 is 0 Å². The Morgan fingerprint density at radius 1 is 1.42 bits per heavy atom. The van der Waals surface area contributed by atoms with Crippen LogP contribution in [-0.2, 0) is 10.2 Å². The molecule has 5 nitrogen and oxygen atoms in total. The van der Waals surface area contributed by atoms with E-state index in [1.807, 2.05) is 19.9 Å². The Hall–Kier alpha value is -1.73. The van der Waals surface area contributed by atoms with E-state index in [9.17, 15) is 9.18 Å². The maximum absolute atomic E-state index is 13.7. The molecule has 0 spiro atoms. The van der Waals surface area contributed by atoms with Gasteiger partial charge in [0.25, 0.3) is 5.91 Å². The van der Waals surface area contributed by atoms with Crippen molar-refractivity contribution in [3.8, 4) is 0 Å².